The third-order valence-electron chi connectivity index (χ3n) is 1.39. The second-order valence-corrected chi connectivity index (χ2v) is 3.34. The zero-order valence-electron chi connectivity index (χ0n) is 8.30. The average Bonchev–Trinajstić information content (AvgIpc) is 1.90. The van der Waals surface area contributed by atoms with E-state index in [1.165, 1.54) is 19.4 Å². The van der Waals surface area contributed by atoms with Gasteiger partial charge < -0.3 is 4.90 Å². The standard InChI is InChI=1S/C8H19N.C2H2/c1-8(2)6-5-7-9(3)4;1-2/h8H,5-7H2,1-4H3;1-2H. The number of nitrogens with zero attached hydrogens (tertiary/aromatic N) is 1. The molecule has 0 rings (SSSR count). The number of hydrogen-bond acceptors (Lipinski definition) is 1. The molecule has 0 aliphatic heterocycles. The Bertz CT molecular complexity index is 74.1. The van der Waals surface area contributed by atoms with Crippen molar-refractivity contribution in [2.75, 3.05) is 20.6 Å². The quantitative estimate of drug-likeness (QED) is 0.563. The molecular weight excluding hydrogens is 134 g/mol. The first-order valence-corrected chi connectivity index (χ1v) is 4.11. The lowest BCUT2D eigenvalue weighted by molar-refractivity contribution is 0.378. The summed E-state index contributed by atoms with van der Waals surface area (Å²) in [6, 6.07) is 0. The van der Waals surface area contributed by atoms with Crippen molar-refractivity contribution in [3.8, 4) is 12.8 Å². The molecule has 0 unspecified atom stereocenters. The summed E-state index contributed by atoms with van der Waals surface area (Å²) in [5, 5.41) is 0. The van der Waals surface area contributed by atoms with E-state index in [4.69, 9.17) is 0 Å². The zero-order valence-corrected chi connectivity index (χ0v) is 8.30. The van der Waals surface area contributed by atoms with Crippen LogP contribution in [-0.4, -0.2) is 25.5 Å². The Morgan fingerprint density at radius 1 is 1.18 bits per heavy atom. The van der Waals surface area contributed by atoms with Gasteiger partial charge in [-0.1, -0.05) is 13.8 Å². The van der Waals surface area contributed by atoms with Crippen LogP contribution >= 0.6 is 0 Å². The summed E-state index contributed by atoms with van der Waals surface area (Å²) in [7, 11) is 4.25. The van der Waals surface area contributed by atoms with Crippen molar-refractivity contribution in [3.63, 3.8) is 0 Å². The largest absolute Gasteiger partial charge is 0.309 e. The number of terminal acetylenes is 1. The van der Waals surface area contributed by atoms with E-state index < -0.39 is 0 Å². The van der Waals surface area contributed by atoms with E-state index >= 15 is 0 Å². The molecule has 0 radical (unpaired) electrons. The first-order valence-electron chi connectivity index (χ1n) is 4.11. The van der Waals surface area contributed by atoms with Gasteiger partial charge in [0.05, 0.1) is 0 Å². The monoisotopic (exact) mass is 155 g/mol. The van der Waals surface area contributed by atoms with Crippen LogP contribution in [0.2, 0.25) is 0 Å². The second-order valence-electron chi connectivity index (χ2n) is 3.34. The van der Waals surface area contributed by atoms with E-state index in [1.54, 1.807) is 0 Å². The molecule has 1 heteroatoms. The first kappa shape index (κ1) is 13.1. The minimum absolute atomic E-state index is 0.866. The highest BCUT2D eigenvalue weighted by Crippen LogP contribution is 2.02. The van der Waals surface area contributed by atoms with Gasteiger partial charge in [0.2, 0.25) is 0 Å². The minimum atomic E-state index is 0.866. The van der Waals surface area contributed by atoms with Gasteiger partial charge >= 0.3 is 0 Å². The Morgan fingerprint density at radius 3 is 1.91 bits per heavy atom. The van der Waals surface area contributed by atoms with Gasteiger partial charge in [0.1, 0.15) is 0 Å². The molecule has 0 aromatic carbocycles. The van der Waals surface area contributed by atoms with E-state index in [1.807, 2.05) is 0 Å². The smallest absolute Gasteiger partial charge is 0.00247 e. The summed E-state index contributed by atoms with van der Waals surface area (Å²) < 4.78 is 0. The van der Waals surface area contributed by atoms with Crippen molar-refractivity contribution in [3.05, 3.63) is 0 Å². The molecule has 66 valence electrons. The molecular formula is C10H21N. The summed E-state index contributed by atoms with van der Waals surface area (Å²) in [6.07, 6.45) is 10.7. The van der Waals surface area contributed by atoms with Gasteiger partial charge in [-0.05, 0) is 39.4 Å². The molecule has 0 saturated heterocycles. The molecule has 0 fully saturated rings. The summed E-state index contributed by atoms with van der Waals surface area (Å²) in [5.41, 5.74) is 0. The molecule has 0 spiro atoms. The van der Waals surface area contributed by atoms with Crippen LogP contribution in [0.5, 0.6) is 0 Å². The van der Waals surface area contributed by atoms with Crippen LogP contribution < -0.4 is 0 Å². The Hall–Kier alpha value is -0.480. The molecule has 0 aliphatic carbocycles. The fourth-order valence-electron chi connectivity index (χ4n) is 0.816. The highest BCUT2D eigenvalue weighted by Gasteiger charge is 1.93. The van der Waals surface area contributed by atoms with Crippen LogP contribution in [0.4, 0.5) is 0 Å². The predicted octanol–water partition coefficient (Wildman–Crippen LogP) is 2.23. The maximum absolute atomic E-state index is 4.00. The lowest BCUT2D eigenvalue weighted by atomic mass is 10.1. The number of rotatable bonds is 4. The maximum atomic E-state index is 4.00. The lowest BCUT2D eigenvalue weighted by Crippen LogP contribution is -2.13. The lowest BCUT2D eigenvalue weighted by Gasteiger charge is -2.09. The summed E-state index contributed by atoms with van der Waals surface area (Å²) >= 11 is 0. The molecule has 0 bridgehead atoms. The summed E-state index contributed by atoms with van der Waals surface area (Å²) in [5.74, 6) is 0.866. The van der Waals surface area contributed by atoms with Gasteiger partial charge in [0.15, 0.2) is 0 Å². The van der Waals surface area contributed by atoms with Crippen molar-refractivity contribution in [1.29, 1.82) is 0 Å². The zero-order chi connectivity index (χ0) is 9.28. The predicted molar refractivity (Wildman–Crippen MR) is 52.5 cm³/mol. The van der Waals surface area contributed by atoms with E-state index in [0.29, 0.717) is 0 Å². The highest BCUT2D eigenvalue weighted by molar-refractivity contribution is 4.48. The summed E-state index contributed by atoms with van der Waals surface area (Å²) in [4.78, 5) is 2.24. The highest BCUT2D eigenvalue weighted by atomic mass is 15.0. The normalized spacial score (nSPS) is 9.45. The van der Waals surface area contributed by atoms with Crippen molar-refractivity contribution in [2.45, 2.75) is 26.7 Å². The van der Waals surface area contributed by atoms with Crippen LogP contribution in [-0.2, 0) is 0 Å². The molecule has 0 N–H and O–H groups in total. The van der Waals surface area contributed by atoms with Crippen LogP contribution in [0, 0.1) is 18.8 Å². The van der Waals surface area contributed by atoms with Crippen molar-refractivity contribution in [2.24, 2.45) is 5.92 Å². The molecule has 0 aliphatic rings. The first-order chi connectivity index (χ1) is 5.13. The Morgan fingerprint density at radius 2 is 1.64 bits per heavy atom. The van der Waals surface area contributed by atoms with Gasteiger partial charge in [-0.25, -0.2) is 0 Å². The molecule has 11 heavy (non-hydrogen) atoms. The molecule has 0 saturated carbocycles. The third-order valence-corrected chi connectivity index (χ3v) is 1.39. The SMILES string of the molecule is C#C.CC(C)CCCN(C)C. The Labute approximate surface area is 71.8 Å². The van der Waals surface area contributed by atoms with Gasteiger partial charge in [0, 0.05) is 0 Å². The van der Waals surface area contributed by atoms with Crippen molar-refractivity contribution >= 4 is 0 Å². The van der Waals surface area contributed by atoms with Crippen LogP contribution in [0.3, 0.4) is 0 Å². The van der Waals surface area contributed by atoms with E-state index in [0.717, 1.165) is 5.92 Å². The molecule has 0 aromatic heterocycles. The van der Waals surface area contributed by atoms with E-state index in [-0.39, 0.29) is 0 Å². The Balaban J connectivity index is 0. The molecule has 0 aromatic rings. The topological polar surface area (TPSA) is 3.24 Å². The van der Waals surface area contributed by atoms with Crippen LogP contribution in [0.15, 0.2) is 0 Å². The second kappa shape index (κ2) is 9.52. The Kier molecular flexibility index (Phi) is 11.4. The fourth-order valence-corrected chi connectivity index (χ4v) is 0.816. The van der Waals surface area contributed by atoms with Crippen molar-refractivity contribution < 1.29 is 0 Å². The minimum Gasteiger partial charge on any atom is -0.309 e. The number of hydrogen-bond donors (Lipinski definition) is 0. The maximum Gasteiger partial charge on any atom is -0.00247 e. The van der Waals surface area contributed by atoms with Crippen LogP contribution in [0.1, 0.15) is 26.7 Å². The van der Waals surface area contributed by atoms with E-state index in [2.05, 4.69) is 45.7 Å². The van der Waals surface area contributed by atoms with Gasteiger partial charge in [-0.2, -0.15) is 0 Å². The fraction of sp³-hybridized carbons (Fsp3) is 0.800. The van der Waals surface area contributed by atoms with E-state index in [9.17, 15) is 0 Å². The molecule has 0 atom stereocenters. The van der Waals surface area contributed by atoms with Crippen LogP contribution in [0.25, 0.3) is 0 Å². The van der Waals surface area contributed by atoms with Crippen molar-refractivity contribution in [1.82, 2.24) is 4.90 Å². The third kappa shape index (κ3) is 17.7. The molecule has 0 heterocycles. The van der Waals surface area contributed by atoms with Gasteiger partial charge in [-0.3, -0.25) is 0 Å². The molecule has 1 nitrogen and oxygen atoms in total. The molecule has 0 amide bonds. The average molecular weight is 155 g/mol. The van der Waals surface area contributed by atoms with Gasteiger partial charge in [-0.15, -0.1) is 12.8 Å². The summed E-state index contributed by atoms with van der Waals surface area (Å²) in [6.45, 7) is 5.78. The van der Waals surface area contributed by atoms with Gasteiger partial charge in [0.25, 0.3) is 0 Å².